The van der Waals surface area contributed by atoms with Crippen molar-refractivity contribution in [3.63, 3.8) is 0 Å². The van der Waals surface area contributed by atoms with Gasteiger partial charge in [-0.05, 0) is 0 Å². The quantitative estimate of drug-likeness (QED) is 0.486. The van der Waals surface area contributed by atoms with E-state index in [1.807, 2.05) is 12.4 Å². The van der Waals surface area contributed by atoms with Gasteiger partial charge in [0.1, 0.15) is 0 Å². The SMILES string of the molecule is C1=NCCn2ccnc21. The van der Waals surface area contributed by atoms with Crippen LogP contribution in [0.15, 0.2) is 17.4 Å². The Bertz CT molecular complexity index is 236. The first-order valence-electron chi connectivity index (χ1n) is 2.98. The van der Waals surface area contributed by atoms with Crippen molar-refractivity contribution in [3.8, 4) is 0 Å². The summed E-state index contributed by atoms with van der Waals surface area (Å²) < 4.78 is 2.09. The summed E-state index contributed by atoms with van der Waals surface area (Å²) in [6.45, 7) is 1.87. The summed E-state index contributed by atoms with van der Waals surface area (Å²) in [6, 6.07) is 0. The highest BCUT2D eigenvalue weighted by atomic mass is 15.1. The van der Waals surface area contributed by atoms with Crippen molar-refractivity contribution in [2.45, 2.75) is 6.54 Å². The molecule has 0 amide bonds. The van der Waals surface area contributed by atoms with Crippen LogP contribution < -0.4 is 0 Å². The van der Waals surface area contributed by atoms with E-state index in [-0.39, 0.29) is 0 Å². The third-order valence-corrected chi connectivity index (χ3v) is 1.42. The zero-order valence-electron chi connectivity index (χ0n) is 4.99. The van der Waals surface area contributed by atoms with E-state index < -0.39 is 0 Å². The highest BCUT2D eigenvalue weighted by Crippen LogP contribution is 1.98. The molecule has 1 aromatic rings. The van der Waals surface area contributed by atoms with Gasteiger partial charge in [-0.15, -0.1) is 0 Å². The average molecular weight is 121 g/mol. The van der Waals surface area contributed by atoms with Gasteiger partial charge in [-0.1, -0.05) is 0 Å². The van der Waals surface area contributed by atoms with Gasteiger partial charge in [0.25, 0.3) is 0 Å². The molecule has 9 heavy (non-hydrogen) atoms. The number of fused-ring (bicyclic) bond motifs is 1. The van der Waals surface area contributed by atoms with Gasteiger partial charge in [0.15, 0.2) is 5.82 Å². The van der Waals surface area contributed by atoms with E-state index in [1.54, 1.807) is 6.20 Å². The molecule has 3 heteroatoms. The molecule has 1 aromatic heterocycles. The fraction of sp³-hybridized carbons (Fsp3) is 0.333. The van der Waals surface area contributed by atoms with E-state index in [9.17, 15) is 0 Å². The molecule has 0 bridgehead atoms. The Kier molecular flexibility index (Phi) is 0.886. The Morgan fingerprint density at radius 2 is 2.56 bits per heavy atom. The molecule has 0 aromatic carbocycles. The van der Waals surface area contributed by atoms with E-state index in [0.717, 1.165) is 18.9 Å². The van der Waals surface area contributed by atoms with Crippen molar-refractivity contribution in [1.82, 2.24) is 9.55 Å². The first-order valence-corrected chi connectivity index (χ1v) is 2.98. The lowest BCUT2D eigenvalue weighted by molar-refractivity contribution is 0.688. The van der Waals surface area contributed by atoms with E-state index in [4.69, 9.17) is 0 Å². The lowest BCUT2D eigenvalue weighted by atomic mass is 10.5. The van der Waals surface area contributed by atoms with Gasteiger partial charge in [-0.3, -0.25) is 4.99 Å². The summed E-state index contributed by atoms with van der Waals surface area (Å²) in [4.78, 5) is 8.15. The van der Waals surface area contributed by atoms with Crippen molar-refractivity contribution in [2.24, 2.45) is 4.99 Å². The minimum atomic E-state index is 0.892. The van der Waals surface area contributed by atoms with E-state index in [0.29, 0.717) is 0 Å². The summed E-state index contributed by atoms with van der Waals surface area (Å²) in [6.07, 6.45) is 5.58. The van der Waals surface area contributed by atoms with Gasteiger partial charge >= 0.3 is 0 Å². The molecular formula is C6H7N3. The molecule has 0 saturated heterocycles. The van der Waals surface area contributed by atoms with Crippen LogP contribution >= 0.6 is 0 Å². The maximum atomic E-state index is 4.08. The Hall–Kier alpha value is -1.12. The van der Waals surface area contributed by atoms with Crippen LogP contribution in [0.25, 0.3) is 0 Å². The minimum absolute atomic E-state index is 0.892. The Morgan fingerprint density at radius 1 is 1.56 bits per heavy atom. The van der Waals surface area contributed by atoms with Gasteiger partial charge in [-0.25, -0.2) is 4.98 Å². The summed E-state index contributed by atoms with van der Waals surface area (Å²) in [5.74, 6) is 0.973. The molecule has 2 heterocycles. The molecule has 1 aliphatic heterocycles. The molecule has 0 unspecified atom stereocenters. The molecule has 0 saturated carbocycles. The van der Waals surface area contributed by atoms with Gasteiger partial charge in [0.2, 0.25) is 0 Å². The molecule has 46 valence electrons. The number of hydrogen-bond acceptors (Lipinski definition) is 2. The Balaban J connectivity index is 2.53. The number of rotatable bonds is 0. The zero-order valence-corrected chi connectivity index (χ0v) is 4.99. The van der Waals surface area contributed by atoms with Gasteiger partial charge < -0.3 is 4.57 Å². The molecule has 0 N–H and O–H groups in total. The maximum absolute atomic E-state index is 4.08. The van der Waals surface area contributed by atoms with E-state index in [2.05, 4.69) is 14.5 Å². The third-order valence-electron chi connectivity index (χ3n) is 1.42. The van der Waals surface area contributed by atoms with Crippen molar-refractivity contribution in [3.05, 3.63) is 18.2 Å². The van der Waals surface area contributed by atoms with Crippen LogP contribution in [0.2, 0.25) is 0 Å². The van der Waals surface area contributed by atoms with Crippen LogP contribution in [0.5, 0.6) is 0 Å². The van der Waals surface area contributed by atoms with Gasteiger partial charge in [0.05, 0.1) is 12.8 Å². The lowest BCUT2D eigenvalue weighted by Crippen LogP contribution is -2.09. The monoisotopic (exact) mass is 121 g/mol. The number of imidazole rings is 1. The zero-order chi connectivity index (χ0) is 6.10. The summed E-state index contributed by atoms with van der Waals surface area (Å²) in [5.41, 5.74) is 0. The number of nitrogens with zero attached hydrogens (tertiary/aromatic N) is 3. The third kappa shape index (κ3) is 0.650. The summed E-state index contributed by atoms with van der Waals surface area (Å²) in [7, 11) is 0. The topological polar surface area (TPSA) is 30.2 Å². The predicted molar refractivity (Wildman–Crippen MR) is 34.7 cm³/mol. The standard InChI is InChI=1S/C6H7N3/c1-3-9-4-2-8-6(9)5-7-1/h2,4-5H,1,3H2. The number of aliphatic imine (C=N–C) groups is 1. The molecular weight excluding hydrogens is 114 g/mol. The van der Waals surface area contributed by atoms with Crippen molar-refractivity contribution in [2.75, 3.05) is 6.54 Å². The fourth-order valence-electron chi connectivity index (χ4n) is 0.949. The normalized spacial score (nSPS) is 15.6. The Labute approximate surface area is 53.1 Å². The van der Waals surface area contributed by atoms with Crippen molar-refractivity contribution >= 4 is 6.21 Å². The second kappa shape index (κ2) is 1.69. The van der Waals surface area contributed by atoms with Gasteiger partial charge in [0, 0.05) is 18.9 Å². The minimum Gasteiger partial charge on any atom is -0.328 e. The van der Waals surface area contributed by atoms with Crippen LogP contribution in [-0.2, 0) is 6.54 Å². The molecule has 0 spiro atoms. The van der Waals surface area contributed by atoms with Crippen LogP contribution in [0.3, 0.4) is 0 Å². The average Bonchev–Trinajstić information content (AvgIpc) is 2.33. The highest BCUT2D eigenvalue weighted by Gasteiger charge is 2.01. The lowest BCUT2D eigenvalue weighted by Gasteiger charge is -2.05. The molecule has 2 rings (SSSR count). The second-order valence-corrected chi connectivity index (χ2v) is 2.01. The summed E-state index contributed by atoms with van der Waals surface area (Å²) in [5, 5.41) is 0. The van der Waals surface area contributed by atoms with E-state index in [1.165, 1.54) is 0 Å². The molecule has 3 nitrogen and oxygen atoms in total. The van der Waals surface area contributed by atoms with Crippen LogP contribution in [0.4, 0.5) is 0 Å². The number of hydrogen-bond donors (Lipinski definition) is 0. The highest BCUT2D eigenvalue weighted by molar-refractivity contribution is 5.75. The second-order valence-electron chi connectivity index (χ2n) is 2.01. The molecule has 0 aliphatic carbocycles. The fourth-order valence-corrected chi connectivity index (χ4v) is 0.949. The van der Waals surface area contributed by atoms with Crippen LogP contribution in [0.1, 0.15) is 5.82 Å². The molecule has 0 fully saturated rings. The smallest absolute Gasteiger partial charge is 0.150 e. The maximum Gasteiger partial charge on any atom is 0.150 e. The van der Waals surface area contributed by atoms with Crippen LogP contribution in [0, 0.1) is 0 Å². The van der Waals surface area contributed by atoms with Gasteiger partial charge in [-0.2, -0.15) is 0 Å². The van der Waals surface area contributed by atoms with E-state index >= 15 is 0 Å². The first kappa shape index (κ1) is 4.73. The Morgan fingerprint density at radius 3 is 3.44 bits per heavy atom. The molecule has 0 atom stereocenters. The largest absolute Gasteiger partial charge is 0.328 e. The summed E-state index contributed by atoms with van der Waals surface area (Å²) >= 11 is 0. The van der Waals surface area contributed by atoms with Crippen molar-refractivity contribution < 1.29 is 0 Å². The molecule has 0 radical (unpaired) electrons. The molecule has 1 aliphatic rings. The van der Waals surface area contributed by atoms with Crippen molar-refractivity contribution in [1.29, 1.82) is 0 Å². The number of aromatic nitrogens is 2. The predicted octanol–water partition coefficient (Wildman–Crippen LogP) is 0.316. The van der Waals surface area contributed by atoms with Crippen LogP contribution in [-0.4, -0.2) is 22.3 Å². The first-order chi connectivity index (χ1) is 4.47.